The standard InChI is InChI=1S/C54H34N4S/c1-2-14-39(15-3-1)57-46-19-9-6-16-41(46)44-31-36(25-27-48(44)57)51-53-52(43-18-8-11-21-50(43)59-53)56-54(55-51)37-23-22-33-24-26-40(29-38(33)28-37)58-47-20-10-7-17-42(47)45-30-34-12-4-5-13-35(34)32-49(45)58/h1-32,54,56H. The lowest BCUT2D eigenvalue weighted by Gasteiger charge is -2.25. The summed E-state index contributed by atoms with van der Waals surface area (Å²) in [4.78, 5) is 6.78. The van der Waals surface area contributed by atoms with Crippen LogP contribution in [0.2, 0.25) is 0 Å². The highest BCUT2D eigenvalue weighted by Crippen LogP contribution is 2.44. The summed E-state index contributed by atoms with van der Waals surface area (Å²) in [5.41, 5.74) is 11.5. The molecule has 4 heterocycles. The predicted molar refractivity (Wildman–Crippen MR) is 250 cm³/mol. The number of fused-ring (bicyclic) bond motifs is 11. The summed E-state index contributed by atoms with van der Waals surface area (Å²) in [6.07, 6.45) is -0.274. The first-order valence-corrected chi connectivity index (χ1v) is 21.0. The number of anilines is 1. The molecule has 0 saturated carbocycles. The van der Waals surface area contributed by atoms with Gasteiger partial charge in [0, 0.05) is 48.6 Å². The van der Waals surface area contributed by atoms with Crippen molar-refractivity contribution in [3.8, 4) is 11.4 Å². The number of para-hydroxylation sites is 3. The Balaban J connectivity index is 0.978. The molecule has 12 aromatic rings. The van der Waals surface area contributed by atoms with Crippen molar-refractivity contribution in [2.24, 2.45) is 4.99 Å². The number of aliphatic imine (C=N–C) groups is 1. The van der Waals surface area contributed by atoms with Gasteiger partial charge in [0.1, 0.15) is 6.17 Å². The lowest BCUT2D eigenvalue weighted by atomic mass is 9.99. The molecule has 5 heteroatoms. The summed E-state index contributed by atoms with van der Waals surface area (Å²) in [6, 6.07) is 70.8. The normalized spacial score (nSPS) is 14.2. The molecule has 1 aliphatic heterocycles. The Morgan fingerprint density at radius 1 is 0.424 bits per heavy atom. The Labute approximate surface area is 343 Å². The minimum absolute atomic E-state index is 0.274. The molecule has 1 unspecified atom stereocenters. The number of benzene rings is 9. The van der Waals surface area contributed by atoms with Crippen molar-refractivity contribution in [1.29, 1.82) is 0 Å². The van der Waals surface area contributed by atoms with Gasteiger partial charge in [-0.1, -0.05) is 121 Å². The predicted octanol–water partition coefficient (Wildman–Crippen LogP) is 14.4. The van der Waals surface area contributed by atoms with Crippen LogP contribution in [0.1, 0.15) is 22.2 Å². The van der Waals surface area contributed by atoms with Crippen LogP contribution in [-0.4, -0.2) is 14.8 Å². The third-order valence-corrected chi connectivity index (χ3v) is 13.4. The second kappa shape index (κ2) is 12.5. The van der Waals surface area contributed by atoms with Gasteiger partial charge in [-0.25, -0.2) is 0 Å². The van der Waals surface area contributed by atoms with E-state index < -0.39 is 0 Å². The molecule has 0 aliphatic carbocycles. The van der Waals surface area contributed by atoms with Crippen LogP contribution in [0.3, 0.4) is 0 Å². The molecule has 0 amide bonds. The fraction of sp³-hybridized carbons (Fsp3) is 0.0185. The zero-order chi connectivity index (χ0) is 38.6. The molecular weight excluding hydrogens is 737 g/mol. The highest BCUT2D eigenvalue weighted by atomic mass is 32.1. The minimum Gasteiger partial charge on any atom is -0.358 e. The Kier molecular flexibility index (Phi) is 6.91. The van der Waals surface area contributed by atoms with E-state index in [-0.39, 0.29) is 6.17 Å². The van der Waals surface area contributed by atoms with Gasteiger partial charge in [-0.2, -0.15) is 0 Å². The molecule has 276 valence electrons. The van der Waals surface area contributed by atoms with Gasteiger partial charge in [0.05, 0.1) is 38.3 Å². The van der Waals surface area contributed by atoms with Crippen LogP contribution in [0.5, 0.6) is 0 Å². The zero-order valence-electron chi connectivity index (χ0n) is 31.8. The average Bonchev–Trinajstić information content (AvgIpc) is 3.95. The molecular formula is C54H34N4S. The van der Waals surface area contributed by atoms with E-state index in [0.29, 0.717) is 0 Å². The fourth-order valence-electron chi connectivity index (χ4n) is 9.55. The van der Waals surface area contributed by atoms with Crippen LogP contribution in [0.4, 0.5) is 5.69 Å². The monoisotopic (exact) mass is 770 g/mol. The second-order valence-corrected chi connectivity index (χ2v) is 16.7. The number of rotatable bonds is 4. The molecule has 3 aromatic heterocycles. The second-order valence-electron chi connectivity index (χ2n) is 15.6. The average molecular weight is 771 g/mol. The molecule has 0 bridgehead atoms. The summed E-state index contributed by atoms with van der Waals surface area (Å²) < 4.78 is 6.05. The van der Waals surface area contributed by atoms with E-state index >= 15 is 0 Å². The number of aromatic nitrogens is 2. The van der Waals surface area contributed by atoms with Gasteiger partial charge in [0.25, 0.3) is 0 Å². The largest absolute Gasteiger partial charge is 0.358 e. The highest BCUT2D eigenvalue weighted by Gasteiger charge is 2.28. The Morgan fingerprint density at radius 3 is 1.88 bits per heavy atom. The van der Waals surface area contributed by atoms with Crippen molar-refractivity contribution in [3.63, 3.8) is 0 Å². The van der Waals surface area contributed by atoms with Crippen LogP contribution in [0.15, 0.2) is 199 Å². The summed E-state index contributed by atoms with van der Waals surface area (Å²) in [6.45, 7) is 0. The third kappa shape index (κ3) is 4.92. The third-order valence-electron chi connectivity index (χ3n) is 12.3. The molecule has 0 fully saturated rings. The molecule has 0 spiro atoms. The summed E-state index contributed by atoms with van der Waals surface area (Å²) >= 11 is 1.81. The minimum atomic E-state index is -0.274. The number of nitrogens with zero attached hydrogens (tertiary/aromatic N) is 3. The van der Waals surface area contributed by atoms with Crippen LogP contribution in [0, 0.1) is 0 Å². The van der Waals surface area contributed by atoms with Crippen molar-refractivity contribution < 1.29 is 0 Å². The van der Waals surface area contributed by atoms with Gasteiger partial charge in [0.2, 0.25) is 0 Å². The molecule has 4 nitrogen and oxygen atoms in total. The molecule has 0 saturated heterocycles. The van der Waals surface area contributed by atoms with Crippen molar-refractivity contribution >= 4 is 98.0 Å². The lowest BCUT2D eigenvalue weighted by Crippen LogP contribution is -2.19. The number of thiophene rings is 1. The van der Waals surface area contributed by atoms with Crippen LogP contribution < -0.4 is 5.32 Å². The van der Waals surface area contributed by atoms with E-state index in [1.54, 1.807) is 0 Å². The van der Waals surface area contributed by atoms with Gasteiger partial charge in [-0.05, 0) is 99.9 Å². The molecule has 1 N–H and O–H groups in total. The van der Waals surface area contributed by atoms with E-state index in [4.69, 9.17) is 4.99 Å². The van der Waals surface area contributed by atoms with E-state index in [1.807, 2.05) is 11.3 Å². The topological polar surface area (TPSA) is 34.2 Å². The molecule has 59 heavy (non-hydrogen) atoms. The first kappa shape index (κ1) is 32.6. The summed E-state index contributed by atoms with van der Waals surface area (Å²) in [7, 11) is 0. The summed E-state index contributed by atoms with van der Waals surface area (Å²) in [5, 5.41) is 15.0. The maximum atomic E-state index is 5.60. The van der Waals surface area contributed by atoms with E-state index in [1.165, 1.54) is 80.1 Å². The van der Waals surface area contributed by atoms with E-state index in [0.717, 1.165) is 33.9 Å². The molecule has 13 rings (SSSR count). The number of hydrogen-bond acceptors (Lipinski definition) is 3. The zero-order valence-corrected chi connectivity index (χ0v) is 32.6. The Morgan fingerprint density at radius 2 is 1.07 bits per heavy atom. The van der Waals surface area contributed by atoms with Crippen LogP contribution >= 0.6 is 11.3 Å². The van der Waals surface area contributed by atoms with Gasteiger partial charge in [-0.15, -0.1) is 11.3 Å². The van der Waals surface area contributed by atoms with Gasteiger partial charge in [0.15, 0.2) is 0 Å². The quantitative estimate of drug-likeness (QED) is 0.190. The molecule has 1 atom stereocenters. The first-order chi connectivity index (χ1) is 29.2. The maximum Gasteiger partial charge on any atom is 0.145 e. The molecule has 0 radical (unpaired) electrons. The van der Waals surface area contributed by atoms with Gasteiger partial charge >= 0.3 is 0 Å². The first-order valence-electron chi connectivity index (χ1n) is 20.1. The fourth-order valence-corrected chi connectivity index (χ4v) is 10.7. The van der Waals surface area contributed by atoms with E-state index in [9.17, 15) is 0 Å². The number of hydrogen-bond donors (Lipinski definition) is 1. The SMILES string of the molecule is c1ccc(-n2c3ccccc3c3cc(C4=NC(c5ccc6ccc(-n7c8ccccc8c8cc9ccccc9cc87)cc6c5)Nc5c4sc4ccccc54)ccc32)cc1. The highest BCUT2D eigenvalue weighted by molar-refractivity contribution is 7.22. The maximum absolute atomic E-state index is 5.60. The van der Waals surface area contributed by atoms with Crippen LogP contribution in [-0.2, 0) is 0 Å². The van der Waals surface area contributed by atoms with Crippen molar-refractivity contribution in [3.05, 3.63) is 210 Å². The van der Waals surface area contributed by atoms with E-state index in [2.05, 4.69) is 209 Å². The van der Waals surface area contributed by atoms with Crippen molar-refractivity contribution in [1.82, 2.24) is 9.13 Å². The molecule has 9 aromatic carbocycles. The van der Waals surface area contributed by atoms with Crippen LogP contribution in [0.25, 0.3) is 86.6 Å². The Bertz CT molecular complexity index is 3720. The smallest absolute Gasteiger partial charge is 0.145 e. The van der Waals surface area contributed by atoms with Crippen molar-refractivity contribution in [2.45, 2.75) is 6.17 Å². The summed E-state index contributed by atoms with van der Waals surface area (Å²) in [5.74, 6) is 0. The lowest BCUT2D eigenvalue weighted by molar-refractivity contribution is 0.834. The molecule has 1 aliphatic rings. The number of nitrogens with one attached hydrogen (secondary N) is 1. The van der Waals surface area contributed by atoms with Gasteiger partial charge < -0.3 is 14.5 Å². The van der Waals surface area contributed by atoms with Crippen molar-refractivity contribution in [2.75, 3.05) is 5.32 Å². The Hall–Kier alpha value is -7.47. The van der Waals surface area contributed by atoms with Gasteiger partial charge in [-0.3, -0.25) is 4.99 Å².